The molecule has 0 amide bonds. The predicted octanol–water partition coefficient (Wildman–Crippen LogP) is 1.43. The minimum Gasteiger partial charge on any atom is -0.496 e. The number of nitrogens with one attached hydrogen (secondary N) is 1. The van der Waals surface area contributed by atoms with Crippen LogP contribution in [0.15, 0.2) is 40.1 Å². The first-order chi connectivity index (χ1) is 14.4. The standard InChI is InChI=1S/C21H29N3O6/c1-5-29-20(26)15(3)24-19(25)17(13-22-30-6-2)14-23(21(24)27)12-11-16-9-7-8-10-18(16)28-4/h7-10,14-15,22H,5-6,11-13H2,1-4H3. The van der Waals surface area contributed by atoms with Crippen LogP contribution < -0.4 is 21.5 Å². The van der Waals surface area contributed by atoms with Crippen LogP contribution in [-0.4, -0.2) is 35.4 Å². The molecule has 0 saturated heterocycles. The first-order valence-corrected chi connectivity index (χ1v) is 9.92. The normalized spacial score (nSPS) is 11.9. The quantitative estimate of drug-likeness (QED) is 0.334. The highest BCUT2D eigenvalue weighted by Crippen LogP contribution is 2.18. The molecule has 0 aliphatic heterocycles. The summed E-state index contributed by atoms with van der Waals surface area (Å²) >= 11 is 0. The third kappa shape index (κ3) is 5.58. The van der Waals surface area contributed by atoms with Gasteiger partial charge < -0.3 is 14.3 Å². The Bertz CT molecular complexity index is 966. The molecule has 1 aromatic carbocycles. The van der Waals surface area contributed by atoms with Crippen molar-refractivity contribution < 1.29 is 19.1 Å². The minimum absolute atomic E-state index is 0.0944. The Morgan fingerprint density at radius 1 is 1.13 bits per heavy atom. The van der Waals surface area contributed by atoms with Crippen molar-refractivity contribution in [2.45, 2.75) is 46.3 Å². The molecule has 0 spiro atoms. The lowest BCUT2D eigenvalue weighted by Gasteiger charge is -2.18. The second kappa shape index (κ2) is 11.3. The summed E-state index contributed by atoms with van der Waals surface area (Å²) in [6.45, 7) is 5.93. The van der Waals surface area contributed by atoms with Crippen LogP contribution in [0.3, 0.4) is 0 Å². The summed E-state index contributed by atoms with van der Waals surface area (Å²) in [4.78, 5) is 43.2. The lowest BCUT2D eigenvalue weighted by atomic mass is 10.1. The van der Waals surface area contributed by atoms with Crippen LogP contribution >= 0.6 is 0 Å². The van der Waals surface area contributed by atoms with Gasteiger partial charge in [0.05, 0.1) is 32.4 Å². The van der Waals surface area contributed by atoms with E-state index in [0.717, 1.165) is 15.9 Å². The Kier molecular flexibility index (Phi) is 8.82. The van der Waals surface area contributed by atoms with E-state index in [4.69, 9.17) is 14.3 Å². The van der Waals surface area contributed by atoms with Crippen LogP contribution in [0.5, 0.6) is 5.75 Å². The molecule has 1 heterocycles. The van der Waals surface area contributed by atoms with Crippen LogP contribution in [0, 0.1) is 0 Å². The number of methoxy groups -OCH3 is 1. The molecule has 1 unspecified atom stereocenters. The number of carbonyl (C=O) groups is 1. The van der Waals surface area contributed by atoms with Crippen molar-refractivity contribution >= 4 is 5.97 Å². The van der Waals surface area contributed by atoms with Crippen molar-refractivity contribution in [1.29, 1.82) is 0 Å². The maximum atomic E-state index is 13.0. The van der Waals surface area contributed by atoms with Gasteiger partial charge in [0.2, 0.25) is 0 Å². The van der Waals surface area contributed by atoms with Gasteiger partial charge in [-0.3, -0.25) is 9.36 Å². The number of hydrogen-bond acceptors (Lipinski definition) is 7. The highest BCUT2D eigenvalue weighted by molar-refractivity contribution is 5.73. The Morgan fingerprint density at radius 2 is 1.87 bits per heavy atom. The fourth-order valence-corrected chi connectivity index (χ4v) is 3.05. The van der Waals surface area contributed by atoms with Gasteiger partial charge in [-0.1, -0.05) is 18.2 Å². The first kappa shape index (κ1) is 23.4. The fraction of sp³-hybridized carbons (Fsp3) is 0.476. The van der Waals surface area contributed by atoms with Gasteiger partial charge in [-0.2, -0.15) is 5.48 Å². The Morgan fingerprint density at radius 3 is 2.53 bits per heavy atom. The van der Waals surface area contributed by atoms with E-state index in [1.54, 1.807) is 14.0 Å². The van der Waals surface area contributed by atoms with E-state index in [1.165, 1.54) is 17.7 Å². The monoisotopic (exact) mass is 419 g/mol. The number of para-hydroxylation sites is 1. The molecular formula is C21H29N3O6. The highest BCUT2D eigenvalue weighted by atomic mass is 16.6. The SMILES string of the molecule is CCONCc1cn(CCc2ccccc2OC)c(=O)n(C(C)C(=O)OCC)c1=O. The number of aryl methyl sites for hydroxylation is 2. The number of nitrogens with zero attached hydrogens (tertiary/aromatic N) is 2. The number of aromatic nitrogens is 2. The lowest BCUT2D eigenvalue weighted by molar-refractivity contribution is -0.146. The predicted molar refractivity (Wildman–Crippen MR) is 111 cm³/mol. The number of benzene rings is 1. The van der Waals surface area contributed by atoms with E-state index in [1.807, 2.05) is 31.2 Å². The number of hydroxylamine groups is 1. The van der Waals surface area contributed by atoms with Crippen LogP contribution in [0.2, 0.25) is 0 Å². The van der Waals surface area contributed by atoms with Crippen molar-refractivity contribution in [3.8, 4) is 5.75 Å². The summed E-state index contributed by atoms with van der Waals surface area (Å²) < 4.78 is 12.7. The average Bonchev–Trinajstić information content (AvgIpc) is 2.75. The summed E-state index contributed by atoms with van der Waals surface area (Å²) in [6.07, 6.45) is 2.01. The molecule has 2 rings (SSSR count). The maximum absolute atomic E-state index is 13.0. The summed E-state index contributed by atoms with van der Waals surface area (Å²) in [6, 6.07) is 6.47. The third-order valence-corrected chi connectivity index (χ3v) is 4.60. The Balaban J connectivity index is 2.43. The topological polar surface area (TPSA) is 101 Å². The number of rotatable bonds is 11. The molecule has 1 atom stereocenters. The zero-order valence-electron chi connectivity index (χ0n) is 17.8. The molecule has 0 bridgehead atoms. The van der Waals surface area contributed by atoms with Crippen molar-refractivity contribution in [2.75, 3.05) is 20.3 Å². The zero-order chi connectivity index (χ0) is 22.1. The highest BCUT2D eigenvalue weighted by Gasteiger charge is 2.23. The molecule has 30 heavy (non-hydrogen) atoms. The largest absolute Gasteiger partial charge is 0.496 e. The number of ether oxygens (including phenoxy) is 2. The summed E-state index contributed by atoms with van der Waals surface area (Å²) in [5.74, 6) is 0.0832. The van der Waals surface area contributed by atoms with E-state index < -0.39 is 23.3 Å². The van der Waals surface area contributed by atoms with Crippen LogP contribution in [0.1, 0.15) is 37.9 Å². The van der Waals surface area contributed by atoms with Crippen molar-refractivity contribution in [3.63, 3.8) is 0 Å². The first-order valence-electron chi connectivity index (χ1n) is 9.92. The van der Waals surface area contributed by atoms with Gasteiger partial charge in [-0.25, -0.2) is 14.2 Å². The molecule has 9 heteroatoms. The maximum Gasteiger partial charge on any atom is 0.331 e. The Labute approximate surface area is 175 Å². The van der Waals surface area contributed by atoms with E-state index in [-0.39, 0.29) is 13.2 Å². The summed E-state index contributed by atoms with van der Waals surface area (Å²) in [5.41, 5.74) is 2.79. The molecule has 0 aliphatic carbocycles. The number of hydrogen-bond donors (Lipinski definition) is 1. The zero-order valence-corrected chi connectivity index (χ0v) is 17.8. The molecular weight excluding hydrogens is 390 g/mol. The van der Waals surface area contributed by atoms with Crippen LogP contribution in [0.25, 0.3) is 0 Å². The van der Waals surface area contributed by atoms with Gasteiger partial charge in [-0.05, 0) is 38.8 Å². The van der Waals surface area contributed by atoms with Gasteiger partial charge in [0.25, 0.3) is 5.56 Å². The van der Waals surface area contributed by atoms with Gasteiger partial charge in [0.1, 0.15) is 11.8 Å². The summed E-state index contributed by atoms with van der Waals surface area (Å²) in [7, 11) is 1.59. The van der Waals surface area contributed by atoms with E-state index >= 15 is 0 Å². The number of carbonyl (C=O) groups excluding carboxylic acids is 1. The fourth-order valence-electron chi connectivity index (χ4n) is 3.05. The smallest absolute Gasteiger partial charge is 0.331 e. The molecule has 9 nitrogen and oxygen atoms in total. The van der Waals surface area contributed by atoms with Crippen molar-refractivity contribution in [2.24, 2.45) is 0 Å². The second-order valence-electron chi connectivity index (χ2n) is 6.55. The molecule has 2 aromatic rings. The van der Waals surface area contributed by atoms with Crippen molar-refractivity contribution in [3.05, 3.63) is 62.4 Å². The van der Waals surface area contributed by atoms with Gasteiger partial charge in [0, 0.05) is 12.7 Å². The molecule has 1 aromatic heterocycles. The van der Waals surface area contributed by atoms with Gasteiger partial charge >= 0.3 is 11.7 Å². The molecule has 0 fully saturated rings. The molecule has 0 radical (unpaired) electrons. The number of esters is 1. The van der Waals surface area contributed by atoms with Gasteiger partial charge in [-0.15, -0.1) is 0 Å². The lowest BCUT2D eigenvalue weighted by Crippen LogP contribution is -2.46. The molecule has 0 aliphatic rings. The minimum atomic E-state index is -1.05. The van der Waals surface area contributed by atoms with Crippen LogP contribution in [0.4, 0.5) is 0 Å². The molecule has 164 valence electrons. The van der Waals surface area contributed by atoms with Gasteiger partial charge in [0.15, 0.2) is 0 Å². The van der Waals surface area contributed by atoms with Crippen molar-refractivity contribution in [1.82, 2.24) is 14.6 Å². The van der Waals surface area contributed by atoms with E-state index in [9.17, 15) is 14.4 Å². The molecule has 1 N–H and O–H groups in total. The second-order valence-corrected chi connectivity index (χ2v) is 6.55. The van der Waals surface area contributed by atoms with E-state index in [0.29, 0.717) is 25.1 Å². The van der Waals surface area contributed by atoms with Crippen LogP contribution in [-0.2, 0) is 33.9 Å². The molecule has 0 saturated carbocycles. The average molecular weight is 419 g/mol. The Hall–Kier alpha value is -2.91. The van der Waals surface area contributed by atoms with E-state index in [2.05, 4.69) is 5.48 Å². The summed E-state index contributed by atoms with van der Waals surface area (Å²) in [5, 5.41) is 0. The third-order valence-electron chi connectivity index (χ3n) is 4.60.